The fraction of sp³-hybridized carbons (Fsp3) is 0.333. The molecule has 0 fully saturated rings. The minimum absolute atomic E-state index is 0.243. The quantitative estimate of drug-likeness (QED) is 0.252. The molecule has 0 aromatic heterocycles. The first-order chi connectivity index (χ1) is 10.7. The van der Waals surface area contributed by atoms with Crippen molar-refractivity contribution in [2.24, 2.45) is 4.40 Å². The van der Waals surface area contributed by atoms with Gasteiger partial charge in [-0.2, -0.15) is 5.26 Å². The molecule has 8 heteroatoms. The van der Waals surface area contributed by atoms with Crippen molar-refractivity contribution in [1.82, 2.24) is 5.32 Å². The molecule has 0 bridgehead atoms. The smallest absolute Gasteiger partial charge is 0.254 e. The van der Waals surface area contributed by atoms with E-state index in [9.17, 15) is 9.59 Å². The molecule has 0 atom stereocenters. The summed E-state index contributed by atoms with van der Waals surface area (Å²) < 4.78 is 4.55. The number of halogens is 1. The second kappa shape index (κ2) is 8.13. The number of nitrogens with two attached hydrogens (primary N) is 1. The lowest BCUT2D eigenvalue weighted by atomic mass is 10.0. The Labute approximate surface area is 147 Å². The first-order valence-corrected chi connectivity index (χ1v) is 8.36. The summed E-state index contributed by atoms with van der Waals surface area (Å²) in [7, 11) is 0. The Kier molecular flexibility index (Phi) is 6.79. The number of carbonyl (C=O) groups excluding carboxylic acids is 2. The van der Waals surface area contributed by atoms with Gasteiger partial charge in [0.1, 0.15) is 5.75 Å². The highest BCUT2D eigenvalue weighted by Gasteiger charge is 2.22. The lowest BCUT2D eigenvalue weighted by molar-refractivity contribution is 0.0933. The molecule has 6 nitrogen and oxygen atoms in total. The lowest BCUT2D eigenvalue weighted by Gasteiger charge is -2.22. The van der Waals surface area contributed by atoms with E-state index in [4.69, 9.17) is 11.0 Å². The van der Waals surface area contributed by atoms with Gasteiger partial charge in [0.05, 0.1) is 17.2 Å². The molecule has 0 aliphatic rings. The van der Waals surface area contributed by atoms with E-state index in [0.717, 1.165) is 11.9 Å². The summed E-state index contributed by atoms with van der Waals surface area (Å²) in [6.45, 7) is 5.24. The number of hydrogen-bond donors (Lipinski definition) is 2. The third kappa shape index (κ3) is 5.08. The van der Waals surface area contributed by atoms with E-state index in [0.29, 0.717) is 21.9 Å². The fourth-order valence-corrected chi connectivity index (χ4v) is 2.86. The van der Waals surface area contributed by atoms with Gasteiger partial charge in [0, 0.05) is 21.9 Å². The van der Waals surface area contributed by atoms with Crippen molar-refractivity contribution in [3.8, 4) is 6.07 Å². The maximum atomic E-state index is 12.5. The van der Waals surface area contributed by atoms with Crippen molar-refractivity contribution in [2.45, 2.75) is 26.3 Å². The average molecular weight is 397 g/mol. The normalized spacial score (nSPS) is 11.3. The van der Waals surface area contributed by atoms with E-state index in [1.54, 1.807) is 27.0 Å². The molecule has 1 rings (SSSR count). The van der Waals surface area contributed by atoms with Crippen molar-refractivity contribution in [1.29, 1.82) is 5.26 Å². The molecule has 0 radical (unpaired) electrons. The van der Waals surface area contributed by atoms with Crippen molar-refractivity contribution in [2.75, 3.05) is 11.5 Å². The highest BCUT2D eigenvalue weighted by molar-refractivity contribution is 9.10. The second-order valence-corrected chi connectivity index (χ2v) is 6.93. The summed E-state index contributed by atoms with van der Waals surface area (Å²) in [5.74, 6) is -0.127. The van der Waals surface area contributed by atoms with E-state index in [1.807, 2.05) is 6.07 Å². The Morgan fingerprint density at radius 1 is 1.61 bits per heavy atom. The van der Waals surface area contributed by atoms with Gasteiger partial charge in [-0.15, -0.1) is 0 Å². The molecule has 0 saturated heterocycles. The van der Waals surface area contributed by atoms with Gasteiger partial charge in [0.25, 0.3) is 5.91 Å². The number of nitrogens with zero attached hydrogens (tertiary/aromatic N) is 2. The van der Waals surface area contributed by atoms with Crippen molar-refractivity contribution in [3.05, 3.63) is 27.2 Å². The van der Waals surface area contributed by atoms with Gasteiger partial charge in [0.2, 0.25) is 0 Å². The summed E-state index contributed by atoms with van der Waals surface area (Å²) in [6.07, 6.45) is 2.26. The van der Waals surface area contributed by atoms with E-state index < -0.39 is 5.54 Å². The summed E-state index contributed by atoms with van der Waals surface area (Å²) in [5, 5.41) is 11.3. The Balaban J connectivity index is 3.01. The van der Waals surface area contributed by atoms with Crippen LogP contribution in [-0.2, 0) is 0 Å². The van der Waals surface area contributed by atoms with Gasteiger partial charge >= 0.3 is 0 Å². The van der Waals surface area contributed by atoms with Crippen LogP contribution in [0, 0.1) is 18.3 Å². The number of anilines is 1. The number of hydrogen-bond acceptors (Lipinski definition) is 6. The Hall–Kier alpha value is -1.85. The molecule has 0 saturated carbocycles. The van der Waals surface area contributed by atoms with Gasteiger partial charge in [-0.25, -0.2) is 4.40 Å². The molecular weight excluding hydrogens is 380 g/mol. The number of rotatable bonds is 6. The number of amides is 1. The van der Waals surface area contributed by atoms with Crippen molar-refractivity contribution >= 4 is 52.0 Å². The van der Waals surface area contributed by atoms with Crippen LogP contribution in [0.25, 0.3) is 0 Å². The first kappa shape index (κ1) is 19.2. The molecule has 3 N–H and O–H groups in total. The molecule has 0 heterocycles. The van der Waals surface area contributed by atoms with Gasteiger partial charge < -0.3 is 11.1 Å². The number of nitrogen functional groups attached to an aromatic ring is 1. The third-order valence-electron chi connectivity index (χ3n) is 3.00. The maximum absolute atomic E-state index is 12.5. The minimum atomic E-state index is -0.713. The van der Waals surface area contributed by atoms with E-state index in [-0.39, 0.29) is 22.9 Å². The number of benzene rings is 1. The zero-order valence-electron chi connectivity index (χ0n) is 13.0. The molecule has 0 unspecified atom stereocenters. The number of aldehydes is 1. The van der Waals surface area contributed by atoms with Crippen LogP contribution in [0.2, 0.25) is 0 Å². The monoisotopic (exact) mass is 396 g/mol. The van der Waals surface area contributed by atoms with Crippen LogP contribution in [0.3, 0.4) is 0 Å². The maximum Gasteiger partial charge on any atom is 0.254 e. The number of nitrogens with one attached hydrogen (secondary N) is 1. The van der Waals surface area contributed by atoms with Crippen molar-refractivity contribution in [3.63, 3.8) is 0 Å². The SMILES string of the molecule is Cc1c(N)c(C(=O)NC(C)(C)/C=N/SCC#N)cc(Br)c1C=O. The van der Waals surface area contributed by atoms with E-state index in [1.165, 1.54) is 6.07 Å². The molecule has 1 aromatic carbocycles. The Morgan fingerprint density at radius 2 is 2.26 bits per heavy atom. The lowest BCUT2D eigenvalue weighted by Crippen LogP contribution is -2.45. The Bertz CT molecular complexity index is 696. The van der Waals surface area contributed by atoms with Crippen LogP contribution >= 0.6 is 27.9 Å². The van der Waals surface area contributed by atoms with Gasteiger partial charge in [-0.05, 0) is 44.3 Å². The molecular formula is C15H17BrN4O2S. The molecule has 0 aliphatic carbocycles. The number of nitriles is 1. The Morgan fingerprint density at radius 3 is 2.83 bits per heavy atom. The van der Waals surface area contributed by atoms with E-state index in [2.05, 4.69) is 25.6 Å². The zero-order chi connectivity index (χ0) is 17.6. The molecule has 0 aliphatic heterocycles. The molecule has 0 spiro atoms. The fourth-order valence-electron chi connectivity index (χ4n) is 1.77. The van der Waals surface area contributed by atoms with Gasteiger partial charge in [-0.3, -0.25) is 9.59 Å². The van der Waals surface area contributed by atoms with Crippen LogP contribution in [-0.4, -0.2) is 29.7 Å². The van der Waals surface area contributed by atoms with Crippen LogP contribution in [0.5, 0.6) is 0 Å². The zero-order valence-corrected chi connectivity index (χ0v) is 15.4. The predicted molar refractivity (Wildman–Crippen MR) is 96.8 cm³/mol. The molecule has 122 valence electrons. The van der Waals surface area contributed by atoms with Gasteiger partial charge in [-0.1, -0.05) is 15.9 Å². The standard InChI is InChI=1S/C15H17BrN4O2S/c1-9-11(7-21)12(16)6-10(13(9)18)14(22)20-15(2,3)8-19-23-5-4-17/h6-8H,5,18H2,1-3H3,(H,20,22)/b19-8+. The summed E-state index contributed by atoms with van der Waals surface area (Å²) in [4.78, 5) is 23.5. The van der Waals surface area contributed by atoms with Crippen LogP contribution < -0.4 is 11.1 Å². The van der Waals surface area contributed by atoms with Crippen molar-refractivity contribution < 1.29 is 9.59 Å². The van der Waals surface area contributed by atoms with Gasteiger partial charge in [0.15, 0.2) is 6.29 Å². The summed E-state index contributed by atoms with van der Waals surface area (Å²) in [5.41, 5.74) is 6.78. The molecule has 23 heavy (non-hydrogen) atoms. The average Bonchev–Trinajstić information content (AvgIpc) is 2.47. The summed E-state index contributed by atoms with van der Waals surface area (Å²) >= 11 is 4.37. The molecule has 1 amide bonds. The summed E-state index contributed by atoms with van der Waals surface area (Å²) in [6, 6.07) is 3.49. The highest BCUT2D eigenvalue weighted by atomic mass is 79.9. The predicted octanol–water partition coefficient (Wildman–Crippen LogP) is 2.90. The minimum Gasteiger partial charge on any atom is -0.398 e. The second-order valence-electron chi connectivity index (χ2n) is 5.32. The molecule has 1 aromatic rings. The highest BCUT2D eigenvalue weighted by Crippen LogP contribution is 2.28. The van der Waals surface area contributed by atoms with Crippen LogP contribution in [0.1, 0.15) is 40.1 Å². The van der Waals surface area contributed by atoms with E-state index >= 15 is 0 Å². The topological polar surface area (TPSA) is 108 Å². The third-order valence-corrected chi connectivity index (χ3v) is 4.17. The van der Waals surface area contributed by atoms with Crippen LogP contribution in [0.4, 0.5) is 5.69 Å². The first-order valence-electron chi connectivity index (χ1n) is 6.63. The number of carbonyl (C=O) groups is 2. The largest absolute Gasteiger partial charge is 0.398 e. The van der Waals surface area contributed by atoms with Crippen LogP contribution in [0.15, 0.2) is 14.9 Å².